The first kappa shape index (κ1) is 25.7. The maximum atomic E-state index is 14.7. The number of fused-ring (bicyclic) bond motifs is 1. The van der Waals surface area contributed by atoms with Crippen molar-refractivity contribution >= 4 is 16.6 Å². The van der Waals surface area contributed by atoms with E-state index in [9.17, 15) is 35.9 Å². The van der Waals surface area contributed by atoms with E-state index in [2.05, 4.69) is 10.4 Å². The number of nitrogens with one attached hydrogen (secondary N) is 1. The number of alkyl halides is 5. The minimum Gasteiger partial charge on any atom is -0.361 e. The number of aryl methyl sites for hydroxylation is 1. The first-order valence-electron chi connectivity index (χ1n) is 11.0. The second kappa shape index (κ2) is 8.95. The van der Waals surface area contributed by atoms with Crippen molar-refractivity contribution < 1.29 is 26.3 Å². The molecule has 0 amide bonds. The van der Waals surface area contributed by atoms with Crippen LogP contribution in [0.3, 0.4) is 0 Å². The van der Waals surface area contributed by atoms with E-state index < -0.39 is 53.2 Å². The van der Waals surface area contributed by atoms with Gasteiger partial charge in [0.1, 0.15) is 5.82 Å². The summed E-state index contributed by atoms with van der Waals surface area (Å²) in [4.78, 5) is 27.0. The van der Waals surface area contributed by atoms with Crippen molar-refractivity contribution in [3.8, 4) is 0 Å². The molecule has 0 saturated carbocycles. The van der Waals surface area contributed by atoms with Crippen LogP contribution in [0, 0.1) is 5.82 Å². The summed E-state index contributed by atoms with van der Waals surface area (Å²) in [5.41, 5.74) is -5.18. The maximum absolute atomic E-state index is 14.7. The average Bonchev–Trinajstić information content (AvgIpc) is 3.19. The third-order valence-corrected chi connectivity index (χ3v) is 6.62. The Morgan fingerprint density at radius 1 is 1.11 bits per heavy atom. The fourth-order valence-corrected chi connectivity index (χ4v) is 4.66. The van der Waals surface area contributed by atoms with Gasteiger partial charge in [-0.25, -0.2) is 17.9 Å². The van der Waals surface area contributed by atoms with Crippen LogP contribution < -0.4 is 16.4 Å². The number of benzene rings is 1. The summed E-state index contributed by atoms with van der Waals surface area (Å²) in [7, 11) is 2.79. The van der Waals surface area contributed by atoms with Gasteiger partial charge in [0.25, 0.3) is 17.5 Å². The molecular formula is C23H23F6N5O2. The lowest BCUT2D eigenvalue weighted by Gasteiger charge is -2.34. The van der Waals surface area contributed by atoms with Gasteiger partial charge in [-0.2, -0.15) is 18.3 Å². The topological polar surface area (TPSA) is 72.2 Å². The molecule has 1 aliphatic rings. The predicted octanol–water partition coefficient (Wildman–Crippen LogP) is 3.94. The van der Waals surface area contributed by atoms with Gasteiger partial charge in [0.15, 0.2) is 11.4 Å². The molecule has 13 heteroatoms. The van der Waals surface area contributed by atoms with Crippen LogP contribution in [-0.4, -0.2) is 45.6 Å². The number of pyridine rings is 1. The molecule has 2 atom stereocenters. The van der Waals surface area contributed by atoms with Crippen molar-refractivity contribution in [2.24, 2.45) is 7.05 Å². The van der Waals surface area contributed by atoms with Crippen LogP contribution in [0.2, 0.25) is 0 Å². The second-order valence-electron chi connectivity index (χ2n) is 9.02. The van der Waals surface area contributed by atoms with Crippen LogP contribution in [0.5, 0.6) is 0 Å². The monoisotopic (exact) mass is 515 g/mol. The summed E-state index contributed by atoms with van der Waals surface area (Å²) in [5.74, 6) is -1.25. The number of hydrogen-bond acceptors (Lipinski definition) is 5. The Kier molecular flexibility index (Phi) is 6.40. The Hall–Kier alpha value is -3.35. The molecule has 2 aromatic heterocycles. The molecule has 0 radical (unpaired) electrons. The molecule has 1 N–H and O–H groups in total. The summed E-state index contributed by atoms with van der Waals surface area (Å²) < 4.78 is 85.4. The van der Waals surface area contributed by atoms with E-state index in [1.165, 1.54) is 38.1 Å². The quantitative estimate of drug-likeness (QED) is 0.522. The van der Waals surface area contributed by atoms with Crippen molar-refractivity contribution in [1.29, 1.82) is 0 Å². The Morgan fingerprint density at radius 2 is 1.78 bits per heavy atom. The highest BCUT2D eigenvalue weighted by Gasteiger charge is 2.59. The predicted molar refractivity (Wildman–Crippen MR) is 121 cm³/mol. The first-order valence-corrected chi connectivity index (χ1v) is 11.0. The van der Waals surface area contributed by atoms with Gasteiger partial charge < -0.3 is 10.2 Å². The molecule has 1 aliphatic heterocycles. The van der Waals surface area contributed by atoms with E-state index in [-0.39, 0.29) is 35.1 Å². The van der Waals surface area contributed by atoms with Crippen LogP contribution >= 0.6 is 0 Å². The molecule has 36 heavy (non-hydrogen) atoms. The van der Waals surface area contributed by atoms with Gasteiger partial charge in [-0.05, 0) is 20.4 Å². The molecular weight excluding hydrogens is 492 g/mol. The van der Waals surface area contributed by atoms with Gasteiger partial charge in [0.2, 0.25) is 0 Å². The number of anilines is 1. The van der Waals surface area contributed by atoms with E-state index in [0.29, 0.717) is 4.57 Å². The molecule has 0 unspecified atom stereocenters. The Labute approximate surface area is 200 Å². The average molecular weight is 515 g/mol. The van der Waals surface area contributed by atoms with Gasteiger partial charge in [0.05, 0.1) is 17.0 Å². The smallest absolute Gasteiger partial charge is 0.361 e. The van der Waals surface area contributed by atoms with Crippen LogP contribution in [0.25, 0.3) is 10.8 Å². The van der Waals surface area contributed by atoms with Gasteiger partial charge >= 0.3 is 6.18 Å². The normalized spacial score (nSPS) is 19.8. The van der Waals surface area contributed by atoms with Crippen molar-refractivity contribution in [3.63, 3.8) is 0 Å². The third kappa shape index (κ3) is 4.14. The summed E-state index contributed by atoms with van der Waals surface area (Å²) in [5, 5.41) is 6.60. The lowest BCUT2D eigenvalue weighted by molar-refractivity contribution is -0.211. The molecule has 1 fully saturated rings. The lowest BCUT2D eigenvalue weighted by atomic mass is 9.96. The minimum atomic E-state index is -4.78. The summed E-state index contributed by atoms with van der Waals surface area (Å²) in [6, 6.07) is 3.35. The fraction of sp³-hybridized carbons (Fsp3) is 0.435. The minimum absolute atomic E-state index is 0.0897. The highest BCUT2D eigenvalue weighted by atomic mass is 19.4. The molecule has 3 heterocycles. The molecule has 0 bridgehead atoms. The van der Waals surface area contributed by atoms with Gasteiger partial charge in [-0.15, -0.1) is 0 Å². The molecule has 4 rings (SSSR count). The number of aromatic nitrogens is 3. The molecule has 7 nitrogen and oxygen atoms in total. The molecule has 0 aliphatic carbocycles. The summed E-state index contributed by atoms with van der Waals surface area (Å²) in [6.07, 6.45) is -7.25. The van der Waals surface area contributed by atoms with Gasteiger partial charge in [0, 0.05) is 43.4 Å². The number of likely N-dealkylation sites (N-methyl/N-ethyl adjacent to an activating group) is 1. The SMILES string of the molecule is C[C@@H](Nc1nn(C)c(=O)c2cc(=O)n([C@]3(C(F)(F)F)CCN(C)C3)cc12)c1cccc(C(F)F)c1F. The number of rotatable bonds is 5. The standard InChI is InChI=1S/C23H23F6N5O2/c1-12(13-5-4-6-14(18(13)24)19(25)26)30-20-16-10-34(17(35)9-15(16)21(36)33(3)31-20)22(23(27,28)29)7-8-32(2)11-22/h4-6,9-10,12,19H,7-8,11H2,1-3H3,(H,30,31)/t12-,22-/m1/s1. The van der Waals surface area contributed by atoms with Crippen molar-refractivity contribution in [1.82, 2.24) is 19.2 Å². The van der Waals surface area contributed by atoms with Crippen molar-refractivity contribution in [2.75, 3.05) is 25.5 Å². The number of nitrogens with zero attached hydrogens (tertiary/aromatic N) is 4. The molecule has 3 aromatic rings. The van der Waals surface area contributed by atoms with Crippen molar-refractivity contribution in [2.45, 2.75) is 37.5 Å². The zero-order valence-corrected chi connectivity index (χ0v) is 19.5. The van der Waals surface area contributed by atoms with Crippen LogP contribution in [0.4, 0.5) is 32.2 Å². The fourth-order valence-electron chi connectivity index (χ4n) is 4.66. The maximum Gasteiger partial charge on any atom is 0.413 e. The number of hydrogen-bond donors (Lipinski definition) is 1. The third-order valence-electron chi connectivity index (χ3n) is 6.62. The van der Waals surface area contributed by atoms with Gasteiger partial charge in [-0.1, -0.05) is 18.2 Å². The second-order valence-corrected chi connectivity index (χ2v) is 9.02. The number of likely N-dealkylation sites (tertiary alicyclic amines) is 1. The zero-order chi connectivity index (χ0) is 26.6. The van der Waals surface area contributed by atoms with Gasteiger partial charge in [-0.3, -0.25) is 14.2 Å². The summed E-state index contributed by atoms with van der Waals surface area (Å²) in [6.45, 7) is 1.08. The van der Waals surface area contributed by atoms with Crippen molar-refractivity contribution in [3.05, 3.63) is 68.1 Å². The first-order chi connectivity index (χ1) is 16.8. The van der Waals surface area contributed by atoms with E-state index in [1.807, 2.05) is 0 Å². The van der Waals surface area contributed by atoms with Crippen LogP contribution in [0.1, 0.15) is 36.9 Å². The molecule has 1 saturated heterocycles. The number of halogens is 6. The lowest BCUT2D eigenvalue weighted by Crippen LogP contribution is -2.53. The van der Waals surface area contributed by atoms with E-state index in [0.717, 1.165) is 23.0 Å². The van der Waals surface area contributed by atoms with E-state index in [4.69, 9.17) is 0 Å². The largest absolute Gasteiger partial charge is 0.413 e. The van der Waals surface area contributed by atoms with Crippen LogP contribution in [0.15, 0.2) is 40.1 Å². The molecule has 1 aromatic carbocycles. The van der Waals surface area contributed by atoms with E-state index >= 15 is 0 Å². The Morgan fingerprint density at radius 3 is 2.36 bits per heavy atom. The highest BCUT2D eigenvalue weighted by molar-refractivity contribution is 5.90. The molecule has 0 spiro atoms. The van der Waals surface area contributed by atoms with E-state index in [1.54, 1.807) is 0 Å². The highest BCUT2D eigenvalue weighted by Crippen LogP contribution is 2.43. The van der Waals surface area contributed by atoms with Crippen LogP contribution in [-0.2, 0) is 12.6 Å². The Bertz CT molecular complexity index is 1430. The zero-order valence-electron chi connectivity index (χ0n) is 19.5. The molecule has 194 valence electrons. The Balaban J connectivity index is 1.90. The summed E-state index contributed by atoms with van der Waals surface area (Å²) >= 11 is 0.